The van der Waals surface area contributed by atoms with Gasteiger partial charge in [0.1, 0.15) is 5.82 Å². The third-order valence-electron chi connectivity index (χ3n) is 3.45. The number of nitrogens with zero attached hydrogens (tertiary/aromatic N) is 3. The summed E-state index contributed by atoms with van der Waals surface area (Å²) >= 11 is 6.06. The number of rotatable bonds is 3. The van der Waals surface area contributed by atoms with Crippen molar-refractivity contribution in [1.29, 1.82) is 0 Å². The van der Waals surface area contributed by atoms with E-state index in [0.717, 1.165) is 27.8 Å². The summed E-state index contributed by atoms with van der Waals surface area (Å²) in [4.78, 5) is 6.47. The van der Waals surface area contributed by atoms with Crippen LogP contribution in [0.2, 0.25) is 0 Å². The molecule has 0 aliphatic carbocycles. The Hall–Kier alpha value is -2.20. The van der Waals surface area contributed by atoms with Gasteiger partial charge < -0.3 is 9.64 Å². The van der Waals surface area contributed by atoms with Gasteiger partial charge in [-0.25, -0.2) is 0 Å². The highest BCUT2D eigenvalue weighted by Crippen LogP contribution is 2.32. The average Bonchev–Trinajstić information content (AvgIpc) is 2.87. The first-order valence-corrected chi connectivity index (χ1v) is 6.94. The molecule has 3 rings (SSSR count). The monoisotopic (exact) mass is 301 g/mol. The van der Waals surface area contributed by atoms with E-state index in [9.17, 15) is 0 Å². The van der Waals surface area contributed by atoms with Crippen LogP contribution in [-0.4, -0.2) is 30.3 Å². The summed E-state index contributed by atoms with van der Waals surface area (Å²) < 4.78 is 7.03. The third-order valence-corrected chi connectivity index (χ3v) is 3.75. The molecule has 0 saturated heterocycles. The zero-order valence-corrected chi connectivity index (χ0v) is 12.9. The van der Waals surface area contributed by atoms with Crippen LogP contribution in [0.3, 0.4) is 0 Å². The molecule has 0 spiro atoms. The lowest BCUT2D eigenvalue weighted by Crippen LogP contribution is -2.11. The van der Waals surface area contributed by atoms with Crippen molar-refractivity contribution in [3.05, 3.63) is 42.6 Å². The Morgan fingerprint density at radius 1 is 1.14 bits per heavy atom. The Kier molecular flexibility index (Phi) is 3.47. The zero-order chi connectivity index (χ0) is 15.0. The molecule has 108 valence electrons. The molecule has 3 aromatic rings. The minimum Gasteiger partial charge on any atom is -0.480 e. The van der Waals surface area contributed by atoms with Gasteiger partial charge in [0.15, 0.2) is 0 Å². The molecule has 1 aromatic carbocycles. The van der Waals surface area contributed by atoms with Gasteiger partial charge in [0.25, 0.3) is 0 Å². The number of aromatic nitrogens is 2. The predicted octanol–water partition coefficient (Wildman–Crippen LogP) is 3.78. The molecule has 0 bridgehead atoms. The Morgan fingerprint density at radius 3 is 2.67 bits per heavy atom. The van der Waals surface area contributed by atoms with Gasteiger partial charge in [0.2, 0.25) is 5.88 Å². The van der Waals surface area contributed by atoms with Crippen molar-refractivity contribution in [1.82, 2.24) is 9.07 Å². The summed E-state index contributed by atoms with van der Waals surface area (Å²) in [6.45, 7) is 0. The molecule has 4 nitrogen and oxygen atoms in total. The van der Waals surface area contributed by atoms with Crippen LogP contribution in [0.15, 0.2) is 42.6 Å². The lowest BCUT2D eigenvalue weighted by molar-refractivity contribution is 0.400. The van der Waals surface area contributed by atoms with E-state index in [0.29, 0.717) is 5.88 Å². The first-order chi connectivity index (χ1) is 10.1. The van der Waals surface area contributed by atoms with Crippen molar-refractivity contribution in [3.8, 4) is 17.0 Å². The molecule has 0 amide bonds. The van der Waals surface area contributed by atoms with Crippen molar-refractivity contribution in [2.45, 2.75) is 0 Å². The summed E-state index contributed by atoms with van der Waals surface area (Å²) in [5, 5.41) is 1.08. The second-order valence-corrected chi connectivity index (χ2v) is 5.39. The Labute approximate surface area is 128 Å². The van der Waals surface area contributed by atoms with Crippen molar-refractivity contribution >= 4 is 28.5 Å². The van der Waals surface area contributed by atoms with Crippen LogP contribution in [-0.2, 0) is 0 Å². The van der Waals surface area contributed by atoms with Gasteiger partial charge >= 0.3 is 0 Å². The average molecular weight is 302 g/mol. The molecule has 0 saturated carbocycles. The SMILES string of the molecule is COc1nc(N(C)C)ccc1-c1ccc2c(ccn2Cl)c1. The fourth-order valence-electron chi connectivity index (χ4n) is 2.33. The Bertz CT molecular complexity index is 795. The van der Waals surface area contributed by atoms with Crippen molar-refractivity contribution < 1.29 is 4.74 Å². The largest absolute Gasteiger partial charge is 0.480 e. The number of hydrogen-bond donors (Lipinski definition) is 0. The normalized spacial score (nSPS) is 10.9. The van der Waals surface area contributed by atoms with Gasteiger partial charge in [-0.05, 0) is 35.9 Å². The van der Waals surface area contributed by atoms with Gasteiger partial charge in [-0.15, -0.1) is 0 Å². The highest BCUT2D eigenvalue weighted by atomic mass is 35.5. The molecule has 21 heavy (non-hydrogen) atoms. The van der Waals surface area contributed by atoms with E-state index in [1.54, 1.807) is 11.2 Å². The van der Waals surface area contributed by atoms with E-state index >= 15 is 0 Å². The number of fused-ring (bicyclic) bond motifs is 1. The number of pyridine rings is 1. The molecule has 0 N–H and O–H groups in total. The first kappa shape index (κ1) is 13.8. The molecular weight excluding hydrogens is 286 g/mol. The Morgan fingerprint density at radius 2 is 1.95 bits per heavy atom. The second kappa shape index (κ2) is 5.30. The fourth-order valence-corrected chi connectivity index (χ4v) is 2.54. The Balaban J connectivity index is 2.12. The topological polar surface area (TPSA) is 30.3 Å². The van der Waals surface area contributed by atoms with Crippen molar-refractivity contribution in [2.24, 2.45) is 0 Å². The van der Waals surface area contributed by atoms with Gasteiger partial charge in [-0.3, -0.25) is 4.09 Å². The number of hydrogen-bond acceptors (Lipinski definition) is 3. The molecule has 2 heterocycles. The van der Waals surface area contributed by atoms with Crippen LogP contribution in [0.1, 0.15) is 0 Å². The molecule has 0 radical (unpaired) electrons. The molecule has 0 atom stereocenters. The van der Waals surface area contributed by atoms with Gasteiger partial charge in [0, 0.05) is 43.0 Å². The predicted molar refractivity (Wildman–Crippen MR) is 87.3 cm³/mol. The van der Waals surface area contributed by atoms with E-state index in [4.69, 9.17) is 16.5 Å². The fraction of sp³-hybridized carbons (Fsp3) is 0.188. The highest BCUT2D eigenvalue weighted by Gasteiger charge is 2.11. The maximum absolute atomic E-state index is 6.06. The summed E-state index contributed by atoms with van der Waals surface area (Å²) in [6.07, 6.45) is 1.83. The summed E-state index contributed by atoms with van der Waals surface area (Å²) in [6, 6.07) is 12.1. The zero-order valence-electron chi connectivity index (χ0n) is 12.2. The number of halogens is 1. The van der Waals surface area contributed by atoms with E-state index in [2.05, 4.69) is 11.1 Å². The number of anilines is 1. The van der Waals surface area contributed by atoms with Crippen molar-refractivity contribution in [3.63, 3.8) is 0 Å². The maximum atomic E-state index is 6.06. The van der Waals surface area contributed by atoms with Crippen LogP contribution in [0.5, 0.6) is 5.88 Å². The molecular formula is C16H16ClN3O. The number of benzene rings is 1. The van der Waals surface area contributed by atoms with Gasteiger partial charge in [-0.1, -0.05) is 6.07 Å². The van der Waals surface area contributed by atoms with Crippen LogP contribution in [0, 0.1) is 0 Å². The van der Waals surface area contributed by atoms with Crippen LogP contribution >= 0.6 is 11.8 Å². The smallest absolute Gasteiger partial charge is 0.223 e. The first-order valence-electron chi connectivity index (χ1n) is 6.60. The summed E-state index contributed by atoms with van der Waals surface area (Å²) in [7, 11) is 5.55. The molecule has 2 aromatic heterocycles. The summed E-state index contributed by atoms with van der Waals surface area (Å²) in [5.41, 5.74) is 3.00. The van der Waals surface area contributed by atoms with Crippen LogP contribution in [0.4, 0.5) is 5.82 Å². The summed E-state index contributed by atoms with van der Waals surface area (Å²) in [5.74, 6) is 1.48. The standard InChI is InChI=1S/C16H16ClN3O/c1-19(2)15-7-5-13(16(18-15)21-3)11-4-6-14-12(10-11)8-9-20(14)17/h4-10H,1-3H3. The lowest BCUT2D eigenvalue weighted by atomic mass is 10.1. The van der Waals surface area contributed by atoms with Gasteiger partial charge in [0.05, 0.1) is 12.6 Å². The molecule has 0 unspecified atom stereocenters. The second-order valence-electron chi connectivity index (χ2n) is 5.02. The quantitative estimate of drug-likeness (QED) is 0.737. The van der Waals surface area contributed by atoms with Gasteiger partial charge in [-0.2, -0.15) is 4.98 Å². The lowest BCUT2D eigenvalue weighted by Gasteiger charge is -2.14. The minimum atomic E-state index is 0.617. The van der Waals surface area contributed by atoms with E-state index in [1.165, 1.54) is 0 Å². The van der Waals surface area contributed by atoms with Crippen molar-refractivity contribution in [2.75, 3.05) is 26.1 Å². The van der Waals surface area contributed by atoms with Crippen LogP contribution < -0.4 is 9.64 Å². The van der Waals surface area contributed by atoms with E-state index in [1.807, 2.05) is 55.5 Å². The molecule has 0 fully saturated rings. The molecule has 5 heteroatoms. The van der Waals surface area contributed by atoms with Crippen LogP contribution in [0.25, 0.3) is 22.0 Å². The third kappa shape index (κ3) is 2.43. The maximum Gasteiger partial charge on any atom is 0.223 e. The molecule has 0 aliphatic rings. The van der Waals surface area contributed by atoms with E-state index < -0.39 is 0 Å². The van der Waals surface area contributed by atoms with E-state index in [-0.39, 0.29) is 0 Å². The number of ether oxygens (including phenoxy) is 1. The highest BCUT2D eigenvalue weighted by molar-refractivity contribution is 6.19. The number of methoxy groups -OCH3 is 1. The molecule has 0 aliphatic heterocycles. The minimum absolute atomic E-state index is 0.617.